The smallest absolute Gasteiger partial charge is 0.259 e. The molecule has 1 aromatic carbocycles. The van der Waals surface area contributed by atoms with Crippen LogP contribution < -0.4 is 5.32 Å². The third-order valence-electron chi connectivity index (χ3n) is 4.10. The molecule has 1 saturated carbocycles. The number of aryl methyl sites for hydroxylation is 1. The molecule has 0 atom stereocenters. The topological polar surface area (TPSA) is 64.7 Å². The summed E-state index contributed by atoms with van der Waals surface area (Å²) in [4.78, 5) is 12.5. The Morgan fingerprint density at radius 2 is 2.08 bits per heavy atom. The van der Waals surface area contributed by atoms with Gasteiger partial charge < -0.3 is 5.32 Å². The average Bonchev–Trinajstić information content (AvgIpc) is 3.21. The molecule has 1 aliphatic rings. The number of amides is 1. The molecule has 1 N–H and O–H groups in total. The van der Waals surface area contributed by atoms with Crippen molar-refractivity contribution in [3.8, 4) is 0 Å². The van der Waals surface area contributed by atoms with E-state index in [4.69, 9.17) is 0 Å². The number of nitrogens with one attached hydrogen (secondary N) is 1. The molecule has 0 bridgehead atoms. The Morgan fingerprint density at radius 3 is 2.83 bits per heavy atom. The number of carbonyl (C=O) groups is 1. The van der Waals surface area contributed by atoms with E-state index in [1.54, 1.807) is 6.20 Å². The van der Waals surface area contributed by atoms with Gasteiger partial charge in [-0.2, -0.15) is 10.2 Å². The maximum Gasteiger partial charge on any atom is 0.259 e. The molecule has 122 valence electrons. The number of hydrogen-bond acceptors (Lipinski definition) is 3. The minimum Gasteiger partial charge on any atom is -0.307 e. The minimum absolute atomic E-state index is 0.156. The number of aromatic nitrogens is 4. The van der Waals surface area contributed by atoms with Crippen LogP contribution in [0.2, 0.25) is 0 Å². The van der Waals surface area contributed by atoms with Gasteiger partial charge in [0.05, 0.1) is 30.0 Å². The van der Waals surface area contributed by atoms with E-state index in [2.05, 4.69) is 15.5 Å². The fourth-order valence-electron chi connectivity index (χ4n) is 2.71. The summed E-state index contributed by atoms with van der Waals surface area (Å²) in [6.07, 6.45) is 5.73. The van der Waals surface area contributed by atoms with Crippen molar-refractivity contribution in [1.82, 2.24) is 19.6 Å². The van der Waals surface area contributed by atoms with Crippen molar-refractivity contribution in [2.45, 2.75) is 32.4 Å². The summed E-state index contributed by atoms with van der Waals surface area (Å²) in [5.41, 5.74) is 2.58. The zero-order chi connectivity index (χ0) is 16.5. The Bertz CT molecular complexity index is 861. The van der Waals surface area contributed by atoms with Crippen molar-refractivity contribution in [2.24, 2.45) is 0 Å². The molecule has 2 aromatic heterocycles. The summed E-state index contributed by atoms with van der Waals surface area (Å²) in [5, 5.41) is 11.7. The van der Waals surface area contributed by atoms with Crippen LogP contribution in [-0.4, -0.2) is 25.5 Å². The molecule has 6 nitrogen and oxygen atoms in total. The number of carbonyl (C=O) groups excluding carboxylic acids is 1. The Balaban J connectivity index is 1.52. The summed E-state index contributed by atoms with van der Waals surface area (Å²) < 4.78 is 3.69. The molecular formula is C18H19N5O. The first-order chi connectivity index (χ1) is 11.7. The van der Waals surface area contributed by atoms with E-state index in [0.717, 1.165) is 24.1 Å². The lowest BCUT2D eigenvalue weighted by molar-refractivity contribution is 0.102. The van der Waals surface area contributed by atoms with Crippen molar-refractivity contribution in [2.75, 3.05) is 5.32 Å². The Labute approximate surface area is 140 Å². The standard InChI is InChI=1S/C18H19N5O/c1-13-9-17(23(21-13)11-14-5-3-2-4-6-14)20-18(24)15-10-19-22(12-15)16-7-8-16/h2-6,9-10,12,16H,7-8,11H2,1H3,(H,20,24). The number of anilines is 1. The lowest BCUT2D eigenvalue weighted by atomic mass is 10.2. The van der Waals surface area contributed by atoms with Crippen LogP contribution in [0, 0.1) is 6.92 Å². The first-order valence-corrected chi connectivity index (χ1v) is 8.13. The molecule has 0 saturated heterocycles. The fraction of sp³-hybridized carbons (Fsp3) is 0.278. The molecule has 6 heteroatoms. The molecule has 3 aromatic rings. The second kappa shape index (κ2) is 5.96. The van der Waals surface area contributed by atoms with E-state index in [-0.39, 0.29) is 5.91 Å². The Kier molecular flexibility index (Phi) is 3.65. The number of rotatable bonds is 5. The third kappa shape index (κ3) is 3.08. The van der Waals surface area contributed by atoms with Gasteiger partial charge in [0.25, 0.3) is 5.91 Å². The van der Waals surface area contributed by atoms with Crippen LogP contribution in [-0.2, 0) is 6.54 Å². The highest BCUT2D eigenvalue weighted by molar-refractivity contribution is 6.03. The Hall–Kier alpha value is -2.89. The van der Waals surface area contributed by atoms with Gasteiger partial charge in [0.2, 0.25) is 0 Å². The summed E-state index contributed by atoms with van der Waals surface area (Å²) in [6.45, 7) is 2.54. The van der Waals surface area contributed by atoms with Gasteiger partial charge >= 0.3 is 0 Å². The second-order valence-corrected chi connectivity index (χ2v) is 6.21. The molecule has 0 aliphatic heterocycles. The largest absolute Gasteiger partial charge is 0.307 e. The molecule has 1 fully saturated rings. The normalized spacial score (nSPS) is 13.9. The van der Waals surface area contributed by atoms with E-state index in [9.17, 15) is 4.79 Å². The van der Waals surface area contributed by atoms with E-state index in [1.165, 1.54) is 0 Å². The summed E-state index contributed by atoms with van der Waals surface area (Å²) in [6, 6.07) is 12.4. The molecule has 0 spiro atoms. The van der Waals surface area contributed by atoms with Crippen molar-refractivity contribution < 1.29 is 4.79 Å². The van der Waals surface area contributed by atoms with Crippen LogP contribution in [0.5, 0.6) is 0 Å². The van der Waals surface area contributed by atoms with Crippen molar-refractivity contribution >= 4 is 11.7 Å². The van der Waals surface area contributed by atoms with Crippen molar-refractivity contribution in [3.63, 3.8) is 0 Å². The zero-order valence-electron chi connectivity index (χ0n) is 13.5. The predicted octanol–water partition coefficient (Wildman–Crippen LogP) is 3.02. The van der Waals surface area contributed by atoms with Gasteiger partial charge in [0.1, 0.15) is 5.82 Å². The quantitative estimate of drug-likeness (QED) is 0.785. The van der Waals surface area contributed by atoms with Gasteiger partial charge in [0.15, 0.2) is 0 Å². The maximum absolute atomic E-state index is 12.5. The monoisotopic (exact) mass is 321 g/mol. The molecule has 24 heavy (non-hydrogen) atoms. The lowest BCUT2D eigenvalue weighted by Crippen LogP contribution is -2.15. The van der Waals surface area contributed by atoms with Crippen LogP contribution in [0.25, 0.3) is 0 Å². The van der Waals surface area contributed by atoms with Crippen molar-refractivity contribution in [1.29, 1.82) is 0 Å². The molecular weight excluding hydrogens is 302 g/mol. The van der Waals surface area contributed by atoms with Crippen LogP contribution >= 0.6 is 0 Å². The van der Waals surface area contributed by atoms with E-state index in [0.29, 0.717) is 24.0 Å². The molecule has 2 heterocycles. The Morgan fingerprint density at radius 1 is 1.29 bits per heavy atom. The van der Waals surface area contributed by atoms with E-state index in [1.807, 2.05) is 58.9 Å². The SMILES string of the molecule is Cc1cc(NC(=O)c2cnn(C3CC3)c2)n(Cc2ccccc2)n1. The molecule has 1 aliphatic carbocycles. The summed E-state index contributed by atoms with van der Waals surface area (Å²) in [7, 11) is 0. The first-order valence-electron chi connectivity index (χ1n) is 8.13. The van der Waals surface area contributed by atoms with Gasteiger partial charge in [-0.1, -0.05) is 30.3 Å². The maximum atomic E-state index is 12.5. The summed E-state index contributed by atoms with van der Waals surface area (Å²) >= 11 is 0. The van der Waals surface area contributed by atoms with Gasteiger partial charge in [-0.05, 0) is 25.3 Å². The second-order valence-electron chi connectivity index (χ2n) is 6.21. The molecule has 1 amide bonds. The summed E-state index contributed by atoms with van der Waals surface area (Å²) in [5.74, 6) is 0.539. The first kappa shape index (κ1) is 14.7. The van der Waals surface area contributed by atoms with Crippen LogP contribution in [0.3, 0.4) is 0 Å². The minimum atomic E-state index is -0.156. The van der Waals surface area contributed by atoms with Gasteiger partial charge in [-0.3, -0.25) is 9.48 Å². The number of hydrogen-bond donors (Lipinski definition) is 1. The number of nitrogens with zero attached hydrogens (tertiary/aromatic N) is 4. The fourth-order valence-corrected chi connectivity index (χ4v) is 2.71. The van der Waals surface area contributed by atoms with Gasteiger partial charge in [-0.25, -0.2) is 4.68 Å². The predicted molar refractivity (Wildman–Crippen MR) is 91.0 cm³/mol. The van der Waals surface area contributed by atoms with Crippen LogP contribution in [0.4, 0.5) is 5.82 Å². The third-order valence-corrected chi connectivity index (χ3v) is 4.10. The van der Waals surface area contributed by atoms with E-state index < -0.39 is 0 Å². The van der Waals surface area contributed by atoms with Crippen molar-refractivity contribution in [3.05, 3.63) is 65.6 Å². The van der Waals surface area contributed by atoms with E-state index >= 15 is 0 Å². The lowest BCUT2D eigenvalue weighted by Gasteiger charge is -2.08. The molecule has 4 rings (SSSR count). The van der Waals surface area contributed by atoms with Gasteiger partial charge in [0, 0.05) is 12.3 Å². The van der Waals surface area contributed by atoms with Crippen LogP contribution in [0.15, 0.2) is 48.8 Å². The molecule has 0 unspecified atom stereocenters. The highest BCUT2D eigenvalue weighted by Crippen LogP contribution is 2.34. The average molecular weight is 321 g/mol. The number of benzene rings is 1. The zero-order valence-corrected chi connectivity index (χ0v) is 13.5. The molecule has 0 radical (unpaired) electrons. The van der Waals surface area contributed by atoms with Crippen LogP contribution in [0.1, 0.15) is 40.5 Å². The highest BCUT2D eigenvalue weighted by Gasteiger charge is 2.25. The van der Waals surface area contributed by atoms with Gasteiger partial charge in [-0.15, -0.1) is 0 Å². The highest BCUT2D eigenvalue weighted by atomic mass is 16.1.